The zero-order chi connectivity index (χ0) is 20.7. The molecular formula is C21H21N5O2S2. The molecule has 30 heavy (non-hydrogen) atoms. The maximum absolute atomic E-state index is 12.8. The molecule has 1 aliphatic rings. The van der Waals surface area contributed by atoms with Crippen molar-refractivity contribution in [3.05, 3.63) is 67.6 Å². The molecule has 0 saturated carbocycles. The maximum atomic E-state index is 12.8. The van der Waals surface area contributed by atoms with Gasteiger partial charge in [0, 0.05) is 29.1 Å². The van der Waals surface area contributed by atoms with Crippen molar-refractivity contribution in [3.63, 3.8) is 0 Å². The second kappa shape index (κ2) is 7.81. The summed E-state index contributed by atoms with van der Waals surface area (Å²) >= 11 is 3.08. The molecule has 0 aliphatic carbocycles. The quantitative estimate of drug-likeness (QED) is 0.529. The summed E-state index contributed by atoms with van der Waals surface area (Å²) in [6.07, 6.45) is 2.14. The van der Waals surface area contributed by atoms with Gasteiger partial charge in [-0.15, -0.1) is 22.7 Å². The molecule has 0 fully saturated rings. The molecule has 3 aromatic heterocycles. The van der Waals surface area contributed by atoms with Gasteiger partial charge in [-0.05, 0) is 37.3 Å². The van der Waals surface area contributed by atoms with Crippen LogP contribution < -0.4 is 11.0 Å². The Morgan fingerprint density at radius 3 is 2.97 bits per heavy atom. The van der Waals surface area contributed by atoms with E-state index < -0.39 is 0 Å². The van der Waals surface area contributed by atoms with Crippen LogP contribution in [0.15, 0.2) is 40.5 Å². The zero-order valence-electron chi connectivity index (χ0n) is 16.5. The van der Waals surface area contributed by atoms with Gasteiger partial charge in [0.1, 0.15) is 5.82 Å². The number of carbonyl (C=O) groups is 1. The average Bonchev–Trinajstić information content (AvgIpc) is 3.39. The summed E-state index contributed by atoms with van der Waals surface area (Å²) in [7, 11) is 0. The maximum Gasteiger partial charge on any atom is 0.346 e. The first kappa shape index (κ1) is 19.2. The third-order valence-corrected chi connectivity index (χ3v) is 7.32. The first-order valence-corrected chi connectivity index (χ1v) is 11.6. The summed E-state index contributed by atoms with van der Waals surface area (Å²) < 4.78 is 4.35. The lowest BCUT2D eigenvalue weighted by Gasteiger charge is -2.15. The van der Waals surface area contributed by atoms with Crippen LogP contribution in [0.2, 0.25) is 0 Å². The summed E-state index contributed by atoms with van der Waals surface area (Å²) in [5, 5.41) is 11.7. The van der Waals surface area contributed by atoms with Gasteiger partial charge < -0.3 is 5.32 Å². The topological polar surface area (TPSA) is 81.8 Å². The first-order chi connectivity index (χ1) is 14.6. The number of fused-ring (bicyclic) bond motifs is 2. The predicted molar refractivity (Wildman–Crippen MR) is 118 cm³/mol. The Morgan fingerprint density at radius 1 is 1.30 bits per heavy atom. The molecule has 1 aromatic carbocycles. The van der Waals surface area contributed by atoms with Crippen molar-refractivity contribution in [2.24, 2.45) is 0 Å². The molecular weight excluding hydrogens is 418 g/mol. The summed E-state index contributed by atoms with van der Waals surface area (Å²) in [6, 6.07) is 9.97. The number of nitrogens with one attached hydrogen (secondary N) is 1. The zero-order valence-corrected chi connectivity index (χ0v) is 18.1. The van der Waals surface area contributed by atoms with Gasteiger partial charge in [-0.3, -0.25) is 9.36 Å². The molecule has 4 aromatic rings. The van der Waals surface area contributed by atoms with Gasteiger partial charge in [-0.2, -0.15) is 5.10 Å². The number of aromatic nitrogens is 4. The minimum absolute atomic E-state index is 0.0263. The highest BCUT2D eigenvalue weighted by Crippen LogP contribution is 2.25. The summed E-state index contributed by atoms with van der Waals surface area (Å²) in [6.45, 7) is 2.91. The van der Waals surface area contributed by atoms with Crippen molar-refractivity contribution in [2.75, 3.05) is 0 Å². The van der Waals surface area contributed by atoms with E-state index in [-0.39, 0.29) is 17.6 Å². The normalized spacial score (nSPS) is 16.4. The fourth-order valence-corrected chi connectivity index (χ4v) is 5.43. The molecule has 1 unspecified atom stereocenters. The molecule has 9 heteroatoms. The van der Waals surface area contributed by atoms with Crippen LogP contribution in [0.4, 0.5) is 0 Å². The van der Waals surface area contributed by atoms with Gasteiger partial charge in [-0.25, -0.2) is 14.5 Å². The fourth-order valence-electron chi connectivity index (χ4n) is 3.86. The molecule has 5 rings (SSSR count). The van der Waals surface area contributed by atoms with Crippen molar-refractivity contribution in [2.45, 2.75) is 45.3 Å². The van der Waals surface area contributed by atoms with Gasteiger partial charge in [0.25, 0.3) is 5.91 Å². The number of aryl methyl sites for hydroxylation is 2. The summed E-state index contributed by atoms with van der Waals surface area (Å²) in [4.78, 5) is 30.7. The number of thiazole rings is 1. The van der Waals surface area contributed by atoms with Crippen LogP contribution in [0.3, 0.4) is 0 Å². The number of benzene rings is 1. The molecule has 1 aliphatic heterocycles. The Bertz CT molecular complexity index is 1250. The second-order valence-corrected chi connectivity index (χ2v) is 9.66. The van der Waals surface area contributed by atoms with Crippen LogP contribution >= 0.6 is 22.7 Å². The van der Waals surface area contributed by atoms with E-state index >= 15 is 0 Å². The number of nitrogens with zero attached hydrogens (tertiary/aromatic N) is 4. The van der Waals surface area contributed by atoms with Crippen LogP contribution in [-0.2, 0) is 19.5 Å². The molecule has 0 spiro atoms. The number of rotatable bonds is 4. The Balaban J connectivity index is 1.26. The van der Waals surface area contributed by atoms with Crippen LogP contribution in [0.1, 0.15) is 39.0 Å². The second-order valence-electron chi connectivity index (χ2n) is 7.51. The van der Waals surface area contributed by atoms with E-state index in [1.807, 2.05) is 42.6 Å². The molecule has 1 N–H and O–H groups in total. The first-order valence-electron chi connectivity index (χ1n) is 9.94. The Kier molecular flexibility index (Phi) is 5.00. The lowest BCUT2D eigenvalue weighted by molar-refractivity contribution is 0.0937. The van der Waals surface area contributed by atoms with Crippen molar-refractivity contribution in [3.8, 4) is 0 Å². The van der Waals surface area contributed by atoms with E-state index in [4.69, 9.17) is 0 Å². The van der Waals surface area contributed by atoms with Crippen LogP contribution in [0.25, 0.3) is 10.1 Å². The van der Waals surface area contributed by atoms with Gasteiger partial charge >= 0.3 is 5.69 Å². The van der Waals surface area contributed by atoms with Gasteiger partial charge in [0.05, 0.1) is 22.1 Å². The SMILES string of the molecule is Cc1nc(Cn2nc3n(c2=O)CCC(NC(=O)c2cc4ccccc4s2)CC3)cs1. The summed E-state index contributed by atoms with van der Waals surface area (Å²) in [5.74, 6) is 0.739. The lowest BCUT2D eigenvalue weighted by Crippen LogP contribution is -2.35. The van der Waals surface area contributed by atoms with Crippen molar-refractivity contribution in [1.29, 1.82) is 0 Å². The molecule has 7 nitrogen and oxygen atoms in total. The van der Waals surface area contributed by atoms with Gasteiger partial charge in [0.15, 0.2) is 0 Å². The van der Waals surface area contributed by atoms with E-state index in [2.05, 4.69) is 15.4 Å². The van der Waals surface area contributed by atoms with E-state index in [9.17, 15) is 9.59 Å². The molecule has 4 heterocycles. The molecule has 0 radical (unpaired) electrons. The monoisotopic (exact) mass is 439 g/mol. The van der Waals surface area contributed by atoms with Crippen LogP contribution in [0.5, 0.6) is 0 Å². The highest BCUT2D eigenvalue weighted by atomic mass is 32.1. The minimum atomic E-state index is -0.105. The van der Waals surface area contributed by atoms with E-state index in [1.54, 1.807) is 15.9 Å². The molecule has 0 bridgehead atoms. The van der Waals surface area contributed by atoms with E-state index in [0.29, 0.717) is 25.9 Å². The largest absolute Gasteiger partial charge is 0.349 e. The van der Waals surface area contributed by atoms with Crippen molar-refractivity contribution < 1.29 is 4.79 Å². The Morgan fingerprint density at radius 2 is 2.17 bits per heavy atom. The molecule has 0 saturated heterocycles. The van der Waals surface area contributed by atoms with Gasteiger partial charge in [0.2, 0.25) is 0 Å². The lowest BCUT2D eigenvalue weighted by atomic mass is 10.1. The van der Waals surface area contributed by atoms with Gasteiger partial charge in [-0.1, -0.05) is 18.2 Å². The standard InChI is InChI=1S/C21H21N5O2S2/c1-13-22-16(12-29-13)11-26-21(28)25-9-8-15(6-7-19(25)24-26)23-20(27)18-10-14-4-2-3-5-17(14)30-18/h2-5,10,12,15H,6-9,11H2,1H3,(H,23,27). The predicted octanol–water partition coefficient (Wildman–Crippen LogP) is 3.21. The highest BCUT2D eigenvalue weighted by molar-refractivity contribution is 7.20. The van der Waals surface area contributed by atoms with E-state index in [0.717, 1.165) is 37.9 Å². The highest BCUT2D eigenvalue weighted by Gasteiger charge is 2.23. The van der Waals surface area contributed by atoms with Crippen molar-refractivity contribution in [1.82, 2.24) is 24.6 Å². The number of amides is 1. The minimum Gasteiger partial charge on any atom is -0.349 e. The molecule has 1 amide bonds. The fraction of sp³-hybridized carbons (Fsp3) is 0.333. The van der Waals surface area contributed by atoms with Crippen LogP contribution in [0, 0.1) is 6.92 Å². The number of thiophene rings is 1. The number of carbonyl (C=O) groups excluding carboxylic acids is 1. The average molecular weight is 440 g/mol. The molecule has 1 atom stereocenters. The number of hydrogen-bond donors (Lipinski definition) is 1. The Hall–Kier alpha value is -2.78. The number of hydrogen-bond acceptors (Lipinski definition) is 6. The Labute approximate surface area is 181 Å². The third kappa shape index (κ3) is 3.70. The third-order valence-electron chi connectivity index (χ3n) is 5.38. The van der Waals surface area contributed by atoms with Crippen LogP contribution in [-0.4, -0.2) is 31.3 Å². The smallest absolute Gasteiger partial charge is 0.346 e. The molecule has 154 valence electrons. The van der Waals surface area contributed by atoms with Crippen molar-refractivity contribution >= 4 is 38.7 Å². The summed E-state index contributed by atoms with van der Waals surface area (Å²) in [5.41, 5.74) is 0.758. The van der Waals surface area contributed by atoms with E-state index in [1.165, 1.54) is 16.0 Å².